The molecule has 110 valence electrons. The molecule has 2 N–H and O–H groups in total. The van der Waals surface area contributed by atoms with Crippen molar-refractivity contribution in [1.29, 1.82) is 0 Å². The van der Waals surface area contributed by atoms with Crippen LogP contribution in [-0.4, -0.2) is 36.1 Å². The van der Waals surface area contributed by atoms with Gasteiger partial charge in [-0.15, -0.1) is 17.9 Å². The second-order valence-corrected chi connectivity index (χ2v) is 6.10. The van der Waals surface area contributed by atoms with Gasteiger partial charge in [0.25, 0.3) is 0 Å². The Morgan fingerprint density at radius 1 is 1.70 bits per heavy atom. The van der Waals surface area contributed by atoms with Crippen LogP contribution in [0.5, 0.6) is 0 Å². The molecule has 0 bridgehead atoms. The number of hydrogen-bond donors (Lipinski definition) is 1. The van der Waals surface area contributed by atoms with Gasteiger partial charge in [-0.3, -0.25) is 4.79 Å². The molecule has 4 nitrogen and oxygen atoms in total. The lowest BCUT2D eigenvalue weighted by atomic mass is 10.1. The fourth-order valence-electron chi connectivity index (χ4n) is 2.37. The van der Waals surface area contributed by atoms with Crippen LogP contribution in [0.3, 0.4) is 0 Å². The number of nitrogens with two attached hydrogens (primary N) is 1. The van der Waals surface area contributed by atoms with E-state index in [0.717, 1.165) is 19.4 Å². The van der Waals surface area contributed by atoms with Crippen LogP contribution in [0.2, 0.25) is 0 Å². The SMILES string of the molecule is C=CCC(N)C(=O)N(Cc1cccs1)CC1CCCO1. The number of rotatable bonds is 7. The third-order valence-corrected chi connectivity index (χ3v) is 4.29. The molecule has 1 aliphatic rings. The van der Waals surface area contributed by atoms with Gasteiger partial charge in [-0.25, -0.2) is 0 Å². The van der Waals surface area contributed by atoms with Crippen molar-refractivity contribution < 1.29 is 9.53 Å². The summed E-state index contributed by atoms with van der Waals surface area (Å²) >= 11 is 1.66. The maximum absolute atomic E-state index is 12.4. The summed E-state index contributed by atoms with van der Waals surface area (Å²) in [5.41, 5.74) is 5.93. The molecule has 1 aromatic heterocycles. The van der Waals surface area contributed by atoms with Crippen LogP contribution in [0.15, 0.2) is 30.2 Å². The minimum absolute atomic E-state index is 0.0196. The molecule has 0 aliphatic carbocycles. The predicted molar refractivity (Wildman–Crippen MR) is 81.5 cm³/mol. The molecule has 20 heavy (non-hydrogen) atoms. The number of thiophene rings is 1. The third-order valence-electron chi connectivity index (χ3n) is 3.42. The van der Waals surface area contributed by atoms with Crippen molar-refractivity contribution in [2.24, 2.45) is 5.73 Å². The molecule has 2 rings (SSSR count). The summed E-state index contributed by atoms with van der Waals surface area (Å²) in [7, 11) is 0. The Labute approximate surface area is 124 Å². The van der Waals surface area contributed by atoms with E-state index >= 15 is 0 Å². The van der Waals surface area contributed by atoms with Gasteiger partial charge in [0, 0.05) is 18.0 Å². The van der Waals surface area contributed by atoms with Crippen molar-refractivity contribution in [2.75, 3.05) is 13.2 Å². The van der Waals surface area contributed by atoms with Gasteiger partial charge in [0.2, 0.25) is 5.91 Å². The van der Waals surface area contributed by atoms with Crippen LogP contribution in [-0.2, 0) is 16.1 Å². The standard InChI is InChI=1S/C15H22N2O2S/c1-2-5-14(16)15(18)17(10-12-6-3-8-19-12)11-13-7-4-9-20-13/h2,4,7,9,12,14H,1,3,5-6,8,10-11,16H2. The smallest absolute Gasteiger partial charge is 0.240 e. The lowest BCUT2D eigenvalue weighted by molar-refractivity contribution is -0.134. The van der Waals surface area contributed by atoms with E-state index in [4.69, 9.17) is 10.5 Å². The highest BCUT2D eigenvalue weighted by atomic mass is 32.1. The molecule has 0 radical (unpaired) electrons. The summed E-state index contributed by atoms with van der Waals surface area (Å²) in [4.78, 5) is 15.4. The van der Waals surface area contributed by atoms with Crippen LogP contribution >= 0.6 is 11.3 Å². The number of carbonyl (C=O) groups is 1. The van der Waals surface area contributed by atoms with E-state index in [9.17, 15) is 4.79 Å². The van der Waals surface area contributed by atoms with Crippen LogP contribution in [0.1, 0.15) is 24.1 Å². The summed E-state index contributed by atoms with van der Waals surface area (Å²) in [5.74, 6) is -0.0196. The minimum Gasteiger partial charge on any atom is -0.376 e. The van der Waals surface area contributed by atoms with Gasteiger partial charge < -0.3 is 15.4 Å². The van der Waals surface area contributed by atoms with Gasteiger partial charge in [0.05, 0.1) is 18.7 Å². The van der Waals surface area contributed by atoms with Gasteiger partial charge in [-0.05, 0) is 30.7 Å². The van der Waals surface area contributed by atoms with Gasteiger partial charge in [-0.2, -0.15) is 0 Å². The zero-order chi connectivity index (χ0) is 14.4. The van der Waals surface area contributed by atoms with Crippen LogP contribution < -0.4 is 5.73 Å². The van der Waals surface area contributed by atoms with E-state index in [1.54, 1.807) is 17.4 Å². The van der Waals surface area contributed by atoms with Crippen LogP contribution in [0.4, 0.5) is 0 Å². The number of hydrogen-bond acceptors (Lipinski definition) is 4. The molecular formula is C15H22N2O2S. The van der Waals surface area contributed by atoms with Gasteiger partial charge in [0.15, 0.2) is 0 Å². The Balaban J connectivity index is 2.01. The Kier molecular flexibility index (Phi) is 5.76. The van der Waals surface area contributed by atoms with Crippen molar-refractivity contribution in [1.82, 2.24) is 4.90 Å². The molecule has 1 saturated heterocycles. The number of ether oxygens (including phenoxy) is 1. The molecule has 0 spiro atoms. The second kappa shape index (κ2) is 7.57. The molecule has 1 amide bonds. The van der Waals surface area contributed by atoms with E-state index in [1.807, 2.05) is 22.4 Å². The van der Waals surface area contributed by atoms with E-state index in [-0.39, 0.29) is 12.0 Å². The first-order valence-electron chi connectivity index (χ1n) is 7.00. The average Bonchev–Trinajstić information content (AvgIpc) is 3.10. The van der Waals surface area contributed by atoms with Crippen LogP contribution in [0.25, 0.3) is 0 Å². The predicted octanol–water partition coefficient (Wildman–Crippen LogP) is 2.16. The third kappa shape index (κ3) is 4.16. The summed E-state index contributed by atoms with van der Waals surface area (Å²) in [6.45, 7) is 5.68. The highest BCUT2D eigenvalue weighted by Crippen LogP contribution is 2.18. The van der Waals surface area contributed by atoms with E-state index in [0.29, 0.717) is 19.5 Å². The fourth-order valence-corrected chi connectivity index (χ4v) is 3.09. The highest BCUT2D eigenvalue weighted by Gasteiger charge is 2.25. The lowest BCUT2D eigenvalue weighted by Gasteiger charge is -2.27. The normalized spacial score (nSPS) is 19.8. The zero-order valence-electron chi connectivity index (χ0n) is 11.7. The summed E-state index contributed by atoms with van der Waals surface area (Å²) in [5, 5.41) is 2.02. The minimum atomic E-state index is -0.506. The molecule has 2 atom stereocenters. The lowest BCUT2D eigenvalue weighted by Crippen LogP contribution is -2.45. The monoisotopic (exact) mass is 294 g/mol. The van der Waals surface area contributed by atoms with Crippen molar-refractivity contribution in [3.8, 4) is 0 Å². The molecule has 0 aromatic carbocycles. The summed E-state index contributed by atoms with van der Waals surface area (Å²) in [6, 6.07) is 3.53. The van der Waals surface area contributed by atoms with Crippen molar-refractivity contribution >= 4 is 17.2 Å². The summed E-state index contributed by atoms with van der Waals surface area (Å²) in [6.07, 6.45) is 4.44. The molecule has 0 saturated carbocycles. The Bertz CT molecular complexity index is 427. The highest BCUT2D eigenvalue weighted by molar-refractivity contribution is 7.09. The van der Waals surface area contributed by atoms with E-state index in [2.05, 4.69) is 6.58 Å². The van der Waals surface area contributed by atoms with Gasteiger partial charge in [0.1, 0.15) is 0 Å². The van der Waals surface area contributed by atoms with Crippen LogP contribution in [0, 0.1) is 0 Å². The second-order valence-electron chi connectivity index (χ2n) is 5.06. The zero-order valence-corrected chi connectivity index (χ0v) is 12.5. The van der Waals surface area contributed by atoms with Crippen molar-refractivity contribution in [2.45, 2.75) is 38.0 Å². The molecular weight excluding hydrogens is 272 g/mol. The number of amides is 1. The number of carbonyl (C=O) groups excluding carboxylic acids is 1. The summed E-state index contributed by atoms with van der Waals surface area (Å²) < 4.78 is 5.64. The number of nitrogens with zero attached hydrogens (tertiary/aromatic N) is 1. The first-order valence-corrected chi connectivity index (χ1v) is 7.88. The Morgan fingerprint density at radius 2 is 2.55 bits per heavy atom. The Morgan fingerprint density at radius 3 is 3.15 bits per heavy atom. The largest absolute Gasteiger partial charge is 0.376 e. The van der Waals surface area contributed by atoms with E-state index in [1.165, 1.54) is 4.88 Å². The molecule has 1 aromatic rings. The van der Waals surface area contributed by atoms with Gasteiger partial charge >= 0.3 is 0 Å². The van der Waals surface area contributed by atoms with Crippen molar-refractivity contribution in [3.63, 3.8) is 0 Å². The first kappa shape index (κ1) is 15.2. The topological polar surface area (TPSA) is 55.6 Å². The fraction of sp³-hybridized carbons (Fsp3) is 0.533. The molecule has 2 heterocycles. The maximum Gasteiger partial charge on any atom is 0.240 e. The maximum atomic E-state index is 12.4. The Hall–Kier alpha value is -1.17. The molecule has 5 heteroatoms. The first-order chi connectivity index (χ1) is 9.70. The van der Waals surface area contributed by atoms with E-state index < -0.39 is 6.04 Å². The quantitative estimate of drug-likeness (QED) is 0.784. The molecule has 2 unspecified atom stereocenters. The molecule has 1 aliphatic heterocycles. The van der Waals surface area contributed by atoms with Gasteiger partial charge in [-0.1, -0.05) is 12.1 Å². The average molecular weight is 294 g/mol. The van der Waals surface area contributed by atoms with Crippen molar-refractivity contribution in [3.05, 3.63) is 35.0 Å². The molecule has 1 fully saturated rings.